The highest BCUT2D eigenvalue weighted by Gasteiger charge is 2.13. The first kappa shape index (κ1) is 16.9. The van der Waals surface area contributed by atoms with Crippen LogP contribution in [0.15, 0.2) is 56.6 Å². The predicted octanol–water partition coefficient (Wildman–Crippen LogP) is 4.81. The Labute approximate surface area is 152 Å². The maximum absolute atomic E-state index is 5.70. The molecular formula is C17H15BrN2O3S. The van der Waals surface area contributed by atoms with Crippen molar-refractivity contribution in [2.75, 3.05) is 14.2 Å². The van der Waals surface area contributed by atoms with Gasteiger partial charge in [0.05, 0.1) is 14.2 Å². The molecule has 0 amide bonds. The minimum Gasteiger partial charge on any atom is -0.493 e. The molecule has 0 aliphatic carbocycles. The molecule has 3 aromatic rings. The number of benzene rings is 2. The second-order valence-electron chi connectivity index (χ2n) is 4.83. The summed E-state index contributed by atoms with van der Waals surface area (Å²) in [6, 6.07) is 13.5. The van der Waals surface area contributed by atoms with Gasteiger partial charge < -0.3 is 13.9 Å². The highest BCUT2D eigenvalue weighted by atomic mass is 79.9. The van der Waals surface area contributed by atoms with Crippen LogP contribution in [0.4, 0.5) is 0 Å². The Morgan fingerprint density at radius 3 is 2.46 bits per heavy atom. The first-order chi connectivity index (χ1) is 11.7. The lowest BCUT2D eigenvalue weighted by Crippen LogP contribution is -1.93. The molecule has 0 saturated heterocycles. The molecule has 7 heteroatoms. The van der Waals surface area contributed by atoms with Gasteiger partial charge in [0.15, 0.2) is 11.5 Å². The molecule has 2 aromatic carbocycles. The van der Waals surface area contributed by atoms with Gasteiger partial charge in [-0.05, 0) is 29.8 Å². The molecule has 0 atom stereocenters. The number of nitrogens with zero attached hydrogens (tertiary/aromatic N) is 2. The number of aromatic nitrogens is 2. The Morgan fingerprint density at radius 2 is 1.75 bits per heavy atom. The van der Waals surface area contributed by atoms with E-state index in [4.69, 9.17) is 13.9 Å². The van der Waals surface area contributed by atoms with Crippen LogP contribution in [-0.4, -0.2) is 24.4 Å². The molecular weight excluding hydrogens is 392 g/mol. The van der Waals surface area contributed by atoms with Gasteiger partial charge in [-0.25, -0.2) is 0 Å². The fraction of sp³-hybridized carbons (Fsp3) is 0.176. The van der Waals surface area contributed by atoms with Crippen molar-refractivity contribution in [2.24, 2.45) is 0 Å². The predicted molar refractivity (Wildman–Crippen MR) is 96.5 cm³/mol. The maximum Gasteiger partial charge on any atom is 0.277 e. The van der Waals surface area contributed by atoms with Crippen molar-refractivity contribution >= 4 is 27.7 Å². The number of rotatable bonds is 6. The van der Waals surface area contributed by atoms with Gasteiger partial charge in [-0.2, -0.15) is 0 Å². The summed E-state index contributed by atoms with van der Waals surface area (Å²) < 4.78 is 17.3. The normalized spacial score (nSPS) is 10.6. The molecule has 124 valence electrons. The molecule has 0 saturated carbocycles. The van der Waals surface area contributed by atoms with Crippen LogP contribution in [0, 0.1) is 0 Å². The maximum atomic E-state index is 5.70. The first-order valence-corrected chi connectivity index (χ1v) is 8.91. The van der Waals surface area contributed by atoms with E-state index >= 15 is 0 Å². The van der Waals surface area contributed by atoms with Gasteiger partial charge in [-0.15, -0.1) is 10.2 Å². The second-order valence-corrected chi connectivity index (χ2v) is 6.61. The van der Waals surface area contributed by atoms with Gasteiger partial charge in [-0.3, -0.25) is 0 Å². The number of hydrogen-bond donors (Lipinski definition) is 0. The monoisotopic (exact) mass is 406 g/mol. The van der Waals surface area contributed by atoms with E-state index in [-0.39, 0.29) is 0 Å². The lowest BCUT2D eigenvalue weighted by molar-refractivity contribution is 0.354. The van der Waals surface area contributed by atoms with Crippen LogP contribution in [0.3, 0.4) is 0 Å². The smallest absolute Gasteiger partial charge is 0.277 e. The summed E-state index contributed by atoms with van der Waals surface area (Å²) in [5, 5.41) is 8.70. The van der Waals surface area contributed by atoms with Gasteiger partial charge in [0.25, 0.3) is 5.22 Å². The van der Waals surface area contributed by atoms with E-state index in [1.165, 1.54) is 11.8 Å². The van der Waals surface area contributed by atoms with Gasteiger partial charge in [0, 0.05) is 15.8 Å². The van der Waals surface area contributed by atoms with Crippen molar-refractivity contribution in [1.82, 2.24) is 10.2 Å². The summed E-state index contributed by atoms with van der Waals surface area (Å²) in [5.74, 6) is 2.55. The Kier molecular flexibility index (Phi) is 5.42. The van der Waals surface area contributed by atoms with Crippen LogP contribution in [0.2, 0.25) is 0 Å². The summed E-state index contributed by atoms with van der Waals surface area (Å²) in [6.45, 7) is 0. The molecule has 1 aromatic heterocycles. The highest BCUT2D eigenvalue weighted by Crippen LogP contribution is 2.36. The molecule has 0 fully saturated rings. The number of ether oxygens (including phenoxy) is 2. The zero-order chi connectivity index (χ0) is 16.9. The number of halogens is 1. The zero-order valence-electron chi connectivity index (χ0n) is 13.2. The van der Waals surface area contributed by atoms with Crippen LogP contribution in [-0.2, 0) is 5.75 Å². The molecule has 0 N–H and O–H groups in total. The fourth-order valence-corrected chi connectivity index (χ4v) is 3.51. The standard InChI is InChI=1S/C17H15BrN2O3S/c1-21-14-8-12(13(18)9-15(14)22-2)10-24-17-20-19-16(23-17)11-6-4-3-5-7-11/h3-9H,10H2,1-2H3. The van der Waals surface area contributed by atoms with Crippen LogP contribution < -0.4 is 9.47 Å². The average molecular weight is 407 g/mol. The van der Waals surface area contributed by atoms with E-state index in [1.54, 1.807) is 14.2 Å². The Balaban J connectivity index is 1.73. The number of thioether (sulfide) groups is 1. The lowest BCUT2D eigenvalue weighted by atomic mass is 10.2. The number of hydrogen-bond acceptors (Lipinski definition) is 6. The van der Waals surface area contributed by atoms with Gasteiger partial charge in [-0.1, -0.05) is 45.9 Å². The zero-order valence-corrected chi connectivity index (χ0v) is 15.6. The van der Waals surface area contributed by atoms with E-state index in [0.29, 0.717) is 28.4 Å². The van der Waals surface area contributed by atoms with Crippen LogP contribution in [0.1, 0.15) is 5.56 Å². The van der Waals surface area contributed by atoms with Crippen LogP contribution in [0.25, 0.3) is 11.5 Å². The van der Waals surface area contributed by atoms with E-state index in [1.807, 2.05) is 42.5 Å². The summed E-state index contributed by atoms with van der Waals surface area (Å²) >= 11 is 5.02. The van der Waals surface area contributed by atoms with Gasteiger partial charge >= 0.3 is 0 Å². The Morgan fingerprint density at radius 1 is 1.04 bits per heavy atom. The fourth-order valence-electron chi connectivity index (χ4n) is 2.11. The first-order valence-electron chi connectivity index (χ1n) is 7.13. The Bertz CT molecular complexity index is 824. The number of methoxy groups -OCH3 is 2. The van der Waals surface area contributed by atoms with Crippen LogP contribution in [0.5, 0.6) is 11.5 Å². The van der Waals surface area contributed by atoms with Crippen molar-refractivity contribution in [1.29, 1.82) is 0 Å². The minimum absolute atomic E-state index is 0.518. The molecule has 0 radical (unpaired) electrons. The molecule has 0 spiro atoms. The third-order valence-electron chi connectivity index (χ3n) is 3.33. The summed E-state index contributed by atoms with van der Waals surface area (Å²) in [5.41, 5.74) is 1.96. The second kappa shape index (κ2) is 7.72. The average Bonchev–Trinajstić information content (AvgIpc) is 3.10. The van der Waals surface area contributed by atoms with Crippen molar-refractivity contribution in [3.8, 4) is 23.0 Å². The largest absolute Gasteiger partial charge is 0.493 e. The third-order valence-corrected chi connectivity index (χ3v) is 4.94. The third kappa shape index (κ3) is 3.73. The molecule has 0 aliphatic heterocycles. The molecule has 5 nitrogen and oxygen atoms in total. The summed E-state index contributed by atoms with van der Waals surface area (Å²) in [4.78, 5) is 0. The summed E-state index contributed by atoms with van der Waals surface area (Å²) in [6.07, 6.45) is 0. The molecule has 3 rings (SSSR count). The highest BCUT2D eigenvalue weighted by molar-refractivity contribution is 9.10. The van der Waals surface area contributed by atoms with Crippen molar-refractivity contribution in [2.45, 2.75) is 11.0 Å². The quantitative estimate of drug-likeness (QED) is 0.547. The van der Waals surface area contributed by atoms with E-state index < -0.39 is 0 Å². The lowest BCUT2D eigenvalue weighted by Gasteiger charge is -2.11. The van der Waals surface area contributed by atoms with Gasteiger partial charge in [0.1, 0.15) is 0 Å². The van der Waals surface area contributed by atoms with Crippen molar-refractivity contribution in [3.05, 3.63) is 52.5 Å². The minimum atomic E-state index is 0.518. The topological polar surface area (TPSA) is 57.4 Å². The van der Waals surface area contributed by atoms with Crippen molar-refractivity contribution < 1.29 is 13.9 Å². The van der Waals surface area contributed by atoms with Crippen LogP contribution >= 0.6 is 27.7 Å². The van der Waals surface area contributed by atoms with E-state index in [2.05, 4.69) is 26.1 Å². The SMILES string of the molecule is COc1cc(Br)c(CSc2nnc(-c3ccccc3)o2)cc1OC. The van der Waals surface area contributed by atoms with Gasteiger partial charge in [0.2, 0.25) is 5.89 Å². The van der Waals surface area contributed by atoms with E-state index in [9.17, 15) is 0 Å². The molecule has 0 aliphatic rings. The molecule has 1 heterocycles. The summed E-state index contributed by atoms with van der Waals surface area (Å²) in [7, 11) is 3.23. The molecule has 24 heavy (non-hydrogen) atoms. The van der Waals surface area contributed by atoms with Crippen molar-refractivity contribution in [3.63, 3.8) is 0 Å². The Hall–Kier alpha value is -1.99. The molecule has 0 unspecified atom stereocenters. The van der Waals surface area contributed by atoms with E-state index in [0.717, 1.165) is 15.6 Å². The molecule has 0 bridgehead atoms.